The Morgan fingerprint density at radius 2 is 1.97 bits per heavy atom. The molecule has 1 aromatic heterocycles. The number of hydrogen-bond acceptors (Lipinski definition) is 6. The number of nitrogens with one attached hydrogen (secondary N) is 2. The molecular weight excluding hydrogens is 374 g/mol. The van der Waals surface area contributed by atoms with Crippen molar-refractivity contribution in [3.8, 4) is 17.1 Å². The number of alkyl carbamates (subject to hydrolysis) is 1. The Kier molecular flexibility index (Phi) is 7.25. The minimum Gasteiger partial charge on any atom is -0.496 e. The van der Waals surface area contributed by atoms with Crippen LogP contribution in [0.3, 0.4) is 0 Å². The summed E-state index contributed by atoms with van der Waals surface area (Å²) in [6.45, 7) is 9.27. The number of anilines is 1. The Bertz CT molecular complexity index is 825. The first-order valence-electron chi connectivity index (χ1n) is 9.46. The Morgan fingerprint density at radius 1 is 1.24 bits per heavy atom. The Balaban J connectivity index is 2.14. The molecule has 0 saturated heterocycles. The average molecular weight is 403 g/mol. The second-order valence-electron chi connectivity index (χ2n) is 8.10. The first-order valence-corrected chi connectivity index (χ1v) is 9.46. The predicted molar refractivity (Wildman–Crippen MR) is 110 cm³/mol. The quantitative estimate of drug-likeness (QED) is 0.717. The van der Waals surface area contributed by atoms with Crippen LogP contribution in [-0.4, -0.2) is 35.7 Å². The van der Waals surface area contributed by atoms with Crippen LogP contribution >= 0.6 is 0 Å². The number of methoxy groups -OCH3 is 1. The van der Waals surface area contributed by atoms with Gasteiger partial charge in [-0.05, 0) is 45.2 Å². The lowest BCUT2D eigenvalue weighted by Gasteiger charge is -2.24. The molecule has 0 spiro atoms. The molecule has 0 aliphatic rings. The molecule has 1 heterocycles. The van der Waals surface area contributed by atoms with Gasteiger partial charge in [0.1, 0.15) is 17.4 Å². The number of nitrogens with zero attached hydrogens (tertiary/aromatic N) is 1. The zero-order valence-electron chi connectivity index (χ0n) is 17.7. The van der Waals surface area contributed by atoms with Crippen molar-refractivity contribution in [2.45, 2.75) is 52.7 Å². The topological polar surface area (TPSA) is 103 Å². The van der Waals surface area contributed by atoms with Gasteiger partial charge in [-0.25, -0.2) is 9.78 Å². The van der Waals surface area contributed by atoms with Gasteiger partial charge in [0.15, 0.2) is 12.2 Å². The largest absolute Gasteiger partial charge is 0.496 e. The van der Waals surface area contributed by atoms with Gasteiger partial charge in [0.25, 0.3) is 0 Å². The molecule has 8 heteroatoms. The number of ether oxygens (including phenoxy) is 2. The Hall–Kier alpha value is -3.03. The minimum absolute atomic E-state index is 0.198. The van der Waals surface area contributed by atoms with Crippen LogP contribution in [0.4, 0.5) is 10.5 Å². The lowest BCUT2D eigenvalue weighted by atomic mass is 10.0. The Morgan fingerprint density at radius 3 is 2.52 bits per heavy atom. The number of oxazole rings is 1. The van der Waals surface area contributed by atoms with Crippen molar-refractivity contribution in [3.05, 3.63) is 30.8 Å². The van der Waals surface area contributed by atoms with Crippen LogP contribution in [0.2, 0.25) is 0 Å². The van der Waals surface area contributed by atoms with Crippen LogP contribution < -0.4 is 15.4 Å². The Labute approximate surface area is 171 Å². The number of benzene rings is 1. The van der Waals surface area contributed by atoms with E-state index in [0.717, 1.165) is 0 Å². The number of carbonyl (C=O) groups excluding carboxylic acids is 2. The summed E-state index contributed by atoms with van der Waals surface area (Å²) in [4.78, 5) is 28.9. The van der Waals surface area contributed by atoms with E-state index in [4.69, 9.17) is 13.9 Å². The molecule has 0 aliphatic carbocycles. The highest BCUT2D eigenvalue weighted by molar-refractivity contribution is 5.97. The van der Waals surface area contributed by atoms with Gasteiger partial charge >= 0.3 is 6.09 Å². The van der Waals surface area contributed by atoms with Gasteiger partial charge in [-0.3, -0.25) is 4.79 Å². The van der Waals surface area contributed by atoms with E-state index in [0.29, 0.717) is 29.2 Å². The lowest BCUT2D eigenvalue weighted by Crippen LogP contribution is -2.46. The standard InChI is InChI=1S/C21H29N3O5/c1-13(2)9-16(24-20(26)29-21(3,4)5)19(25)23-14-7-8-15(17(10-14)27-6)18-11-22-12-28-18/h7-8,10-13,16H,9H2,1-6H3,(H,23,25)(H,24,26). The third-order valence-corrected chi connectivity index (χ3v) is 3.88. The molecule has 1 unspecified atom stereocenters. The maximum absolute atomic E-state index is 12.8. The average Bonchev–Trinajstić information content (AvgIpc) is 3.13. The van der Waals surface area contributed by atoms with Crippen LogP contribution in [0.25, 0.3) is 11.3 Å². The van der Waals surface area contributed by atoms with Crippen LogP contribution in [0.5, 0.6) is 5.75 Å². The number of hydrogen-bond donors (Lipinski definition) is 2. The molecule has 2 N–H and O–H groups in total. The molecule has 2 amide bonds. The molecule has 0 fully saturated rings. The fourth-order valence-electron chi connectivity index (χ4n) is 2.70. The summed E-state index contributed by atoms with van der Waals surface area (Å²) in [6.07, 6.45) is 2.76. The summed E-state index contributed by atoms with van der Waals surface area (Å²) in [7, 11) is 1.53. The van der Waals surface area contributed by atoms with E-state index >= 15 is 0 Å². The molecule has 2 rings (SSSR count). The second kappa shape index (κ2) is 9.45. The fraction of sp³-hybridized carbons (Fsp3) is 0.476. The summed E-state index contributed by atoms with van der Waals surface area (Å²) >= 11 is 0. The molecule has 1 aromatic carbocycles. The summed E-state index contributed by atoms with van der Waals surface area (Å²) in [5.41, 5.74) is 0.607. The number of rotatable bonds is 7. The van der Waals surface area contributed by atoms with Gasteiger partial charge in [-0.15, -0.1) is 0 Å². The highest BCUT2D eigenvalue weighted by Crippen LogP contribution is 2.32. The van der Waals surface area contributed by atoms with Crippen LogP contribution in [0, 0.1) is 5.92 Å². The van der Waals surface area contributed by atoms with Crippen LogP contribution in [-0.2, 0) is 9.53 Å². The normalized spacial score (nSPS) is 12.4. The van der Waals surface area contributed by atoms with Crippen molar-refractivity contribution >= 4 is 17.7 Å². The SMILES string of the molecule is COc1cc(NC(=O)C(CC(C)C)NC(=O)OC(C)(C)C)ccc1-c1cnco1. The van der Waals surface area contributed by atoms with Gasteiger partial charge < -0.3 is 24.5 Å². The first-order chi connectivity index (χ1) is 13.6. The van der Waals surface area contributed by atoms with Crippen molar-refractivity contribution in [2.24, 2.45) is 5.92 Å². The molecule has 2 aromatic rings. The molecule has 0 bridgehead atoms. The van der Waals surface area contributed by atoms with Crippen molar-refractivity contribution < 1.29 is 23.5 Å². The fourth-order valence-corrected chi connectivity index (χ4v) is 2.70. The third kappa shape index (κ3) is 6.81. The van der Waals surface area contributed by atoms with Gasteiger partial charge in [0.2, 0.25) is 5.91 Å². The van der Waals surface area contributed by atoms with Crippen molar-refractivity contribution in [2.75, 3.05) is 12.4 Å². The number of amides is 2. The molecule has 29 heavy (non-hydrogen) atoms. The monoisotopic (exact) mass is 403 g/mol. The molecule has 158 valence electrons. The number of aromatic nitrogens is 1. The molecule has 8 nitrogen and oxygen atoms in total. The summed E-state index contributed by atoms with van der Waals surface area (Å²) in [5.74, 6) is 0.951. The maximum atomic E-state index is 12.8. The summed E-state index contributed by atoms with van der Waals surface area (Å²) in [6, 6.07) is 4.46. The van der Waals surface area contributed by atoms with E-state index < -0.39 is 17.7 Å². The first kappa shape index (κ1) is 22.3. The van der Waals surface area contributed by atoms with Crippen LogP contribution in [0.1, 0.15) is 41.0 Å². The highest BCUT2D eigenvalue weighted by atomic mass is 16.6. The van der Waals surface area contributed by atoms with E-state index in [-0.39, 0.29) is 11.8 Å². The molecule has 1 atom stereocenters. The minimum atomic E-state index is -0.732. The van der Waals surface area contributed by atoms with E-state index in [2.05, 4.69) is 15.6 Å². The van der Waals surface area contributed by atoms with E-state index in [1.807, 2.05) is 13.8 Å². The third-order valence-electron chi connectivity index (χ3n) is 3.88. The molecular formula is C21H29N3O5. The molecule has 0 aliphatic heterocycles. The molecule has 0 saturated carbocycles. The zero-order chi connectivity index (χ0) is 21.6. The van der Waals surface area contributed by atoms with Crippen molar-refractivity contribution in [1.82, 2.24) is 10.3 Å². The van der Waals surface area contributed by atoms with Crippen molar-refractivity contribution in [1.29, 1.82) is 0 Å². The number of carbonyl (C=O) groups is 2. The smallest absolute Gasteiger partial charge is 0.408 e. The van der Waals surface area contributed by atoms with Crippen LogP contribution in [0.15, 0.2) is 35.2 Å². The van der Waals surface area contributed by atoms with Gasteiger partial charge in [0.05, 0.1) is 18.9 Å². The highest BCUT2D eigenvalue weighted by Gasteiger charge is 2.25. The van der Waals surface area contributed by atoms with E-state index in [9.17, 15) is 9.59 Å². The summed E-state index contributed by atoms with van der Waals surface area (Å²) in [5, 5.41) is 5.49. The molecule has 0 radical (unpaired) electrons. The zero-order valence-corrected chi connectivity index (χ0v) is 17.7. The summed E-state index contributed by atoms with van der Waals surface area (Å²) < 4.78 is 16.0. The van der Waals surface area contributed by atoms with Crippen molar-refractivity contribution in [3.63, 3.8) is 0 Å². The van der Waals surface area contributed by atoms with Gasteiger partial charge in [0, 0.05) is 11.8 Å². The van der Waals surface area contributed by atoms with Gasteiger partial charge in [-0.2, -0.15) is 0 Å². The maximum Gasteiger partial charge on any atom is 0.408 e. The van der Waals surface area contributed by atoms with Gasteiger partial charge in [-0.1, -0.05) is 13.8 Å². The second-order valence-corrected chi connectivity index (χ2v) is 8.10. The lowest BCUT2D eigenvalue weighted by molar-refractivity contribution is -0.118. The van der Waals surface area contributed by atoms with E-state index in [1.165, 1.54) is 13.5 Å². The van der Waals surface area contributed by atoms with E-state index in [1.54, 1.807) is 45.2 Å². The predicted octanol–water partition coefficient (Wildman–Crippen LogP) is 4.23.